The van der Waals surface area contributed by atoms with Crippen LogP contribution in [0.4, 0.5) is 5.69 Å². The molecule has 4 rings (SSSR count). The van der Waals surface area contributed by atoms with Gasteiger partial charge < -0.3 is 5.32 Å². The normalized spacial score (nSPS) is 14.4. The molecular weight excluding hydrogens is 416 g/mol. The van der Waals surface area contributed by atoms with Crippen LogP contribution in [0.3, 0.4) is 0 Å². The van der Waals surface area contributed by atoms with Gasteiger partial charge in [-0.15, -0.1) is 0 Å². The predicted molar refractivity (Wildman–Crippen MR) is 131 cm³/mol. The van der Waals surface area contributed by atoms with E-state index in [2.05, 4.69) is 24.4 Å². The zero-order valence-electron chi connectivity index (χ0n) is 18.3. The molecule has 0 aromatic heterocycles. The number of carbonyl (C=O) groups is 2. The molecule has 0 unspecified atom stereocenters. The summed E-state index contributed by atoms with van der Waals surface area (Å²) in [7, 11) is 0. The van der Waals surface area contributed by atoms with Crippen LogP contribution in [-0.2, 0) is 22.6 Å². The molecule has 0 radical (unpaired) electrons. The number of amides is 2. The molecule has 162 valence electrons. The molecule has 0 bridgehead atoms. The number of para-hydroxylation sites is 1. The minimum Gasteiger partial charge on any atom is -0.350 e. The number of aryl methyl sites for hydroxylation is 2. The fourth-order valence-corrected chi connectivity index (χ4v) is 4.59. The summed E-state index contributed by atoms with van der Waals surface area (Å²) in [5.74, 6) is -0.342. The SMILES string of the molecule is CCc1ccc(/C=C2/Sc3ccccc3N(CC(=O)NCc3ccc(C)cc3)C2=O)cc1. The Balaban J connectivity index is 1.53. The molecule has 3 aromatic carbocycles. The highest BCUT2D eigenvalue weighted by Crippen LogP contribution is 2.41. The molecule has 0 saturated carbocycles. The van der Waals surface area contributed by atoms with E-state index in [9.17, 15) is 9.59 Å². The van der Waals surface area contributed by atoms with E-state index in [1.54, 1.807) is 4.90 Å². The molecule has 1 aliphatic rings. The van der Waals surface area contributed by atoms with Gasteiger partial charge in [-0.05, 0) is 48.2 Å². The van der Waals surface area contributed by atoms with Crippen LogP contribution in [0.5, 0.6) is 0 Å². The zero-order chi connectivity index (χ0) is 22.5. The fourth-order valence-electron chi connectivity index (χ4n) is 3.53. The molecule has 2 amide bonds. The molecule has 0 aliphatic carbocycles. The van der Waals surface area contributed by atoms with Gasteiger partial charge in [-0.3, -0.25) is 14.5 Å². The molecule has 0 atom stereocenters. The first-order valence-corrected chi connectivity index (χ1v) is 11.6. The second kappa shape index (κ2) is 9.88. The Kier molecular flexibility index (Phi) is 6.76. The van der Waals surface area contributed by atoms with E-state index < -0.39 is 0 Å². The van der Waals surface area contributed by atoms with Gasteiger partial charge in [0.25, 0.3) is 5.91 Å². The third-order valence-corrected chi connectivity index (χ3v) is 6.51. The molecule has 1 N–H and O–H groups in total. The van der Waals surface area contributed by atoms with Gasteiger partial charge in [0, 0.05) is 11.4 Å². The summed E-state index contributed by atoms with van der Waals surface area (Å²) >= 11 is 1.45. The van der Waals surface area contributed by atoms with Crippen molar-refractivity contribution in [3.63, 3.8) is 0 Å². The Bertz CT molecular complexity index is 1150. The van der Waals surface area contributed by atoms with Crippen molar-refractivity contribution < 1.29 is 9.59 Å². The number of fused-ring (bicyclic) bond motifs is 1. The zero-order valence-corrected chi connectivity index (χ0v) is 19.1. The minimum atomic E-state index is -0.188. The Morgan fingerprint density at radius 2 is 1.66 bits per heavy atom. The van der Waals surface area contributed by atoms with Crippen molar-refractivity contribution in [2.75, 3.05) is 11.4 Å². The van der Waals surface area contributed by atoms with Crippen molar-refractivity contribution in [1.82, 2.24) is 5.32 Å². The quantitative estimate of drug-likeness (QED) is 0.523. The monoisotopic (exact) mass is 442 g/mol. The lowest BCUT2D eigenvalue weighted by atomic mass is 10.1. The Morgan fingerprint density at radius 3 is 2.38 bits per heavy atom. The van der Waals surface area contributed by atoms with E-state index in [1.165, 1.54) is 22.9 Å². The minimum absolute atomic E-state index is 0.0195. The third kappa shape index (κ3) is 5.11. The molecule has 0 fully saturated rings. The van der Waals surface area contributed by atoms with Gasteiger partial charge in [0.05, 0.1) is 10.6 Å². The van der Waals surface area contributed by atoms with Crippen LogP contribution in [0.25, 0.3) is 6.08 Å². The van der Waals surface area contributed by atoms with E-state index in [-0.39, 0.29) is 18.4 Å². The van der Waals surface area contributed by atoms with Gasteiger partial charge in [-0.2, -0.15) is 0 Å². The number of anilines is 1. The summed E-state index contributed by atoms with van der Waals surface area (Å²) in [5.41, 5.74) is 5.21. The average molecular weight is 443 g/mol. The van der Waals surface area contributed by atoms with E-state index in [0.29, 0.717) is 11.4 Å². The van der Waals surface area contributed by atoms with Crippen molar-refractivity contribution in [2.24, 2.45) is 0 Å². The Morgan fingerprint density at radius 1 is 0.969 bits per heavy atom. The predicted octanol–water partition coefficient (Wildman–Crippen LogP) is 5.35. The van der Waals surface area contributed by atoms with Crippen LogP contribution in [-0.4, -0.2) is 18.4 Å². The van der Waals surface area contributed by atoms with Crippen molar-refractivity contribution in [2.45, 2.75) is 31.7 Å². The molecule has 1 heterocycles. The topological polar surface area (TPSA) is 49.4 Å². The highest BCUT2D eigenvalue weighted by molar-refractivity contribution is 8.04. The molecule has 5 heteroatoms. The number of rotatable bonds is 6. The summed E-state index contributed by atoms with van der Waals surface area (Å²) in [4.78, 5) is 29.2. The number of nitrogens with one attached hydrogen (secondary N) is 1. The number of hydrogen-bond acceptors (Lipinski definition) is 3. The van der Waals surface area contributed by atoms with Gasteiger partial charge in [0.1, 0.15) is 6.54 Å². The first kappa shape index (κ1) is 21.9. The van der Waals surface area contributed by atoms with Gasteiger partial charge in [-0.25, -0.2) is 0 Å². The number of hydrogen-bond donors (Lipinski definition) is 1. The second-order valence-electron chi connectivity index (χ2n) is 7.83. The summed E-state index contributed by atoms with van der Waals surface area (Å²) in [6, 6.07) is 24.0. The summed E-state index contributed by atoms with van der Waals surface area (Å²) in [5, 5.41) is 2.94. The molecule has 1 aliphatic heterocycles. The molecule has 0 saturated heterocycles. The van der Waals surface area contributed by atoms with Gasteiger partial charge in [0.15, 0.2) is 0 Å². The first-order valence-electron chi connectivity index (χ1n) is 10.7. The van der Waals surface area contributed by atoms with Crippen molar-refractivity contribution >= 4 is 35.3 Å². The van der Waals surface area contributed by atoms with Gasteiger partial charge in [-0.1, -0.05) is 84.9 Å². The molecular formula is C27H26N2O2S. The van der Waals surface area contributed by atoms with Gasteiger partial charge >= 0.3 is 0 Å². The number of thioether (sulfide) groups is 1. The smallest absolute Gasteiger partial charge is 0.265 e. The second-order valence-corrected chi connectivity index (χ2v) is 8.91. The van der Waals surface area contributed by atoms with Crippen LogP contribution >= 0.6 is 11.8 Å². The largest absolute Gasteiger partial charge is 0.350 e. The highest BCUT2D eigenvalue weighted by atomic mass is 32.2. The van der Waals surface area contributed by atoms with Crippen LogP contribution in [0, 0.1) is 6.92 Å². The summed E-state index contributed by atoms with van der Waals surface area (Å²) < 4.78 is 0. The van der Waals surface area contributed by atoms with Crippen LogP contribution in [0.2, 0.25) is 0 Å². The van der Waals surface area contributed by atoms with Crippen LogP contribution in [0.15, 0.2) is 82.6 Å². The third-order valence-electron chi connectivity index (χ3n) is 5.43. The van der Waals surface area contributed by atoms with Gasteiger partial charge in [0.2, 0.25) is 5.91 Å². The Labute approximate surface area is 193 Å². The van der Waals surface area contributed by atoms with E-state index in [0.717, 1.165) is 28.1 Å². The molecule has 0 spiro atoms. The van der Waals surface area contributed by atoms with E-state index in [1.807, 2.05) is 73.7 Å². The molecule has 4 nitrogen and oxygen atoms in total. The lowest BCUT2D eigenvalue weighted by Crippen LogP contribution is -2.42. The van der Waals surface area contributed by atoms with Crippen LogP contribution in [0.1, 0.15) is 29.2 Å². The number of nitrogens with zero attached hydrogens (tertiary/aromatic N) is 1. The Hall–Kier alpha value is -3.31. The molecule has 3 aromatic rings. The lowest BCUT2D eigenvalue weighted by Gasteiger charge is -2.29. The molecule has 32 heavy (non-hydrogen) atoms. The number of benzene rings is 3. The first-order chi connectivity index (χ1) is 15.5. The summed E-state index contributed by atoms with van der Waals surface area (Å²) in [6.45, 7) is 4.56. The van der Waals surface area contributed by atoms with Crippen LogP contribution < -0.4 is 10.2 Å². The maximum Gasteiger partial charge on any atom is 0.265 e. The number of carbonyl (C=O) groups excluding carboxylic acids is 2. The average Bonchev–Trinajstić information content (AvgIpc) is 2.82. The lowest BCUT2D eigenvalue weighted by molar-refractivity contribution is -0.122. The standard InChI is InChI=1S/C27H26N2O2S/c1-3-20-12-14-21(15-13-20)16-25-27(31)29(23-6-4-5-7-24(23)32-25)18-26(30)28-17-22-10-8-19(2)9-11-22/h4-16H,3,17-18H2,1-2H3,(H,28,30)/b25-16+. The highest BCUT2D eigenvalue weighted by Gasteiger charge is 2.30. The maximum absolute atomic E-state index is 13.3. The van der Waals surface area contributed by atoms with Crippen molar-refractivity contribution in [3.8, 4) is 0 Å². The van der Waals surface area contributed by atoms with Crippen molar-refractivity contribution in [1.29, 1.82) is 0 Å². The van der Waals surface area contributed by atoms with Crippen molar-refractivity contribution in [3.05, 3.63) is 100.0 Å². The fraction of sp³-hybridized carbons (Fsp3) is 0.185. The summed E-state index contributed by atoms with van der Waals surface area (Å²) in [6.07, 6.45) is 2.88. The maximum atomic E-state index is 13.3. The van der Waals surface area contributed by atoms with E-state index >= 15 is 0 Å². The van der Waals surface area contributed by atoms with E-state index in [4.69, 9.17) is 0 Å².